The molecule has 1 aliphatic heterocycles. The summed E-state index contributed by atoms with van der Waals surface area (Å²) in [5.41, 5.74) is 1.59. The molecular weight excluding hydrogens is 168 g/mol. The summed E-state index contributed by atoms with van der Waals surface area (Å²) in [5.74, 6) is 2.00. The highest BCUT2D eigenvalue weighted by Gasteiger charge is 2.38. The molecule has 0 aromatic rings. The van der Waals surface area contributed by atoms with Crippen molar-refractivity contribution in [2.24, 2.45) is 11.8 Å². The lowest BCUT2D eigenvalue weighted by molar-refractivity contribution is 0.180. The Bertz CT molecular complexity index is 224. The van der Waals surface area contributed by atoms with E-state index in [1.807, 2.05) is 0 Å². The van der Waals surface area contributed by atoms with Gasteiger partial charge in [-0.3, -0.25) is 0 Å². The van der Waals surface area contributed by atoms with Crippen molar-refractivity contribution < 1.29 is 4.18 Å². The molecule has 0 bridgehead atoms. The summed E-state index contributed by atoms with van der Waals surface area (Å²) in [5, 5.41) is 2.24. The molecule has 3 unspecified atom stereocenters. The monoisotopic (exact) mass is 182 g/mol. The summed E-state index contributed by atoms with van der Waals surface area (Å²) < 4.78 is 5.59. The van der Waals surface area contributed by atoms with E-state index in [1.54, 1.807) is 17.6 Å². The average Bonchev–Trinajstić information content (AvgIpc) is 2.64. The number of hydrogen-bond acceptors (Lipinski definition) is 2. The van der Waals surface area contributed by atoms with E-state index in [0.29, 0.717) is 6.10 Å². The first-order chi connectivity index (χ1) is 5.93. The second-order valence-electron chi connectivity index (χ2n) is 4.26. The molecule has 0 radical (unpaired) electrons. The van der Waals surface area contributed by atoms with E-state index in [1.165, 1.54) is 32.1 Å². The van der Waals surface area contributed by atoms with Crippen LogP contribution >= 0.6 is 12.0 Å². The zero-order chi connectivity index (χ0) is 7.97. The maximum atomic E-state index is 5.59. The van der Waals surface area contributed by atoms with Crippen LogP contribution in [0.1, 0.15) is 32.1 Å². The van der Waals surface area contributed by atoms with Gasteiger partial charge in [0.15, 0.2) is 0 Å². The SMILES string of the molecule is C1=C2CC3CCCC3CC2OS1. The molecule has 3 aliphatic rings. The van der Waals surface area contributed by atoms with Crippen LogP contribution < -0.4 is 0 Å². The Hall–Kier alpha value is 0.0500. The molecule has 0 N–H and O–H groups in total. The number of hydrogen-bond donors (Lipinski definition) is 0. The van der Waals surface area contributed by atoms with Crippen molar-refractivity contribution in [3.8, 4) is 0 Å². The Labute approximate surface area is 77.8 Å². The van der Waals surface area contributed by atoms with E-state index < -0.39 is 0 Å². The van der Waals surface area contributed by atoms with Gasteiger partial charge in [0.25, 0.3) is 0 Å². The van der Waals surface area contributed by atoms with Gasteiger partial charge < -0.3 is 4.18 Å². The van der Waals surface area contributed by atoms with Gasteiger partial charge in [0.1, 0.15) is 0 Å². The average molecular weight is 182 g/mol. The van der Waals surface area contributed by atoms with Crippen LogP contribution in [-0.2, 0) is 4.18 Å². The normalized spacial score (nSPS) is 45.3. The van der Waals surface area contributed by atoms with Crippen molar-refractivity contribution in [1.29, 1.82) is 0 Å². The smallest absolute Gasteiger partial charge is 0.0948 e. The minimum Gasteiger partial charge on any atom is -0.303 e. The Morgan fingerprint density at radius 3 is 3.25 bits per heavy atom. The second-order valence-corrected chi connectivity index (χ2v) is 4.89. The van der Waals surface area contributed by atoms with Crippen LogP contribution in [0.2, 0.25) is 0 Å². The minimum absolute atomic E-state index is 0.495. The van der Waals surface area contributed by atoms with Gasteiger partial charge in [-0.05, 0) is 36.7 Å². The predicted octanol–water partition coefficient (Wildman–Crippen LogP) is 3.13. The third-order valence-corrected chi connectivity index (χ3v) is 4.36. The lowest BCUT2D eigenvalue weighted by Crippen LogP contribution is -2.25. The summed E-state index contributed by atoms with van der Waals surface area (Å²) in [7, 11) is 0. The van der Waals surface area contributed by atoms with Gasteiger partial charge in [0.05, 0.1) is 6.10 Å². The van der Waals surface area contributed by atoms with Crippen molar-refractivity contribution in [3.63, 3.8) is 0 Å². The molecule has 1 heterocycles. The molecule has 2 saturated carbocycles. The zero-order valence-corrected chi connectivity index (χ0v) is 7.98. The lowest BCUT2D eigenvalue weighted by atomic mass is 9.78. The highest BCUT2D eigenvalue weighted by molar-refractivity contribution is 7.97. The van der Waals surface area contributed by atoms with Gasteiger partial charge in [-0.2, -0.15) is 0 Å². The summed E-state index contributed by atoms with van der Waals surface area (Å²) in [6, 6.07) is 0. The second kappa shape index (κ2) is 2.78. The maximum Gasteiger partial charge on any atom is 0.0948 e. The summed E-state index contributed by atoms with van der Waals surface area (Å²) >= 11 is 1.56. The van der Waals surface area contributed by atoms with Crippen molar-refractivity contribution in [2.45, 2.75) is 38.2 Å². The quantitative estimate of drug-likeness (QED) is 0.532. The molecular formula is C10H14OS. The van der Waals surface area contributed by atoms with Crippen LogP contribution in [0.15, 0.2) is 11.0 Å². The molecule has 3 rings (SSSR count). The largest absolute Gasteiger partial charge is 0.303 e. The summed E-state index contributed by atoms with van der Waals surface area (Å²) in [4.78, 5) is 0. The maximum absolute atomic E-state index is 5.59. The fourth-order valence-electron chi connectivity index (χ4n) is 2.93. The van der Waals surface area contributed by atoms with Crippen molar-refractivity contribution in [1.82, 2.24) is 0 Å². The van der Waals surface area contributed by atoms with E-state index in [2.05, 4.69) is 5.41 Å². The van der Waals surface area contributed by atoms with Gasteiger partial charge >= 0.3 is 0 Å². The van der Waals surface area contributed by atoms with Crippen LogP contribution in [-0.4, -0.2) is 6.10 Å². The number of fused-ring (bicyclic) bond motifs is 2. The van der Waals surface area contributed by atoms with E-state index in [4.69, 9.17) is 4.18 Å². The Kier molecular flexibility index (Phi) is 1.72. The van der Waals surface area contributed by atoms with E-state index in [-0.39, 0.29) is 0 Å². The molecule has 12 heavy (non-hydrogen) atoms. The molecule has 0 spiro atoms. The first-order valence-corrected chi connectivity index (χ1v) is 5.75. The minimum atomic E-state index is 0.495. The fourth-order valence-corrected chi connectivity index (χ4v) is 3.70. The summed E-state index contributed by atoms with van der Waals surface area (Å²) in [6.07, 6.45) is 7.53. The van der Waals surface area contributed by atoms with Crippen LogP contribution in [0.5, 0.6) is 0 Å². The first-order valence-electron chi connectivity index (χ1n) is 4.94. The molecule has 2 aliphatic carbocycles. The Morgan fingerprint density at radius 1 is 1.33 bits per heavy atom. The number of rotatable bonds is 0. The molecule has 0 amide bonds. The summed E-state index contributed by atoms with van der Waals surface area (Å²) in [6.45, 7) is 0. The predicted molar refractivity (Wildman–Crippen MR) is 50.6 cm³/mol. The van der Waals surface area contributed by atoms with Crippen LogP contribution in [0.3, 0.4) is 0 Å². The van der Waals surface area contributed by atoms with E-state index in [0.717, 1.165) is 11.8 Å². The molecule has 0 aromatic heterocycles. The third-order valence-electron chi connectivity index (χ3n) is 3.62. The van der Waals surface area contributed by atoms with Gasteiger partial charge in [0.2, 0.25) is 0 Å². The van der Waals surface area contributed by atoms with Gasteiger partial charge in [-0.15, -0.1) is 0 Å². The van der Waals surface area contributed by atoms with Crippen molar-refractivity contribution in [3.05, 3.63) is 11.0 Å². The standard InChI is InChI=1S/C10H14OS/c1-2-7-4-9-6-12-11-10(9)5-8(7)3-1/h6-8,10H,1-5H2. The molecule has 66 valence electrons. The van der Waals surface area contributed by atoms with Gasteiger partial charge in [-0.1, -0.05) is 12.8 Å². The van der Waals surface area contributed by atoms with Crippen molar-refractivity contribution in [2.75, 3.05) is 0 Å². The highest BCUT2D eigenvalue weighted by Crippen LogP contribution is 2.48. The highest BCUT2D eigenvalue weighted by atomic mass is 32.2. The molecule has 2 heteroatoms. The molecule has 1 nitrogen and oxygen atoms in total. The first kappa shape index (κ1) is 7.45. The molecule has 0 saturated heterocycles. The Morgan fingerprint density at radius 2 is 2.25 bits per heavy atom. The molecule has 2 fully saturated rings. The fraction of sp³-hybridized carbons (Fsp3) is 0.800. The van der Waals surface area contributed by atoms with Crippen LogP contribution in [0, 0.1) is 11.8 Å². The van der Waals surface area contributed by atoms with Gasteiger partial charge in [-0.25, -0.2) is 0 Å². The van der Waals surface area contributed by atoms with E-state index in [9.17, 15) is 0 Å². The zero-order valence-electron chi connectivity index (χ0n) is 7.16. The third kappa shape index (κ3) is 1.05. The van der Waals surface area contributed by atoms with Crippen molar-refractivity contribution >= 4 is 12.0 Å². The molecule has 3 atom stereocenters. The van der Waals surface area contributed by atoms with Crippen LogP contribution in [0.25, 0.3) is 0 Å². The van der Waals surface area contributed by atoms with Gasteiger partial charge in [0, 0.05) is 17.5 Å². The molecule has 0 aromatic carbocycles. The van der Waals surface area contributed by atoms with E-state index >= 15 is 0 Å². The Balaban J connectivity index is 1.82. The lowest BCUT2D eigenvalue weighted by Gasteiger charge is -2.30. The topological polar surface area (TPSA) is 9.23 Å². The van der Waals surface area contributed by atoms with Crippen LogP contribution in [0.4, 0.5) is 0 Å².